The highest BCUT2D eigenvalue weighted by Crippen LogP contribution is 2.22. The number of hydrogen-bond donors (Lipinski definition) is 1. The van der Waals surface area contributed by atoms with E-state index in [2.05, 4.69) is 21.2 Å². The predicted molar refractivity (Wildman–Crippen MR) is 131 cm³/mol. The summed E-state index contributed by atoms with van der Waals surface area (Å²) in [5, 5.41) is 3.34. The predicted octanol–water partition coefficient (Wildman–Crippen LogP) is 5.48. The van der Waals surface area contributed by atoms with Gasteiger partial charge in [0.15, 0.2) is 0 Å². The number of rotatable bonds is 8. The lowest BCUT2D eigenvalue weighted by Gasteiger charge is -2.24. The van der Waals surface area contributed by atoms with Crippen molar-refractivity contribution >= 4 is 43.5 Å². The molecule has 8 heteroatoms. The quantitative estimate of drug-likeness (QED) is 0.415. The summed E-state index contributed by atoms with van der Waals surface area (Å²) >= 11 is 9.32. The first kappa shape index (κ1) is 24.5. The molecule has 3 rings (SSSR count). The van der Waals surface area contributed by atoms with E-state index in [1.54, 1.807) is 0 Å². The lowest BCUT2D eigenvalue weighted by atomic mass is 10.1. The van der Waals surface area contributed by atoms with Crippen molar-refractivity contribution < 1.29 is 13.2 Å². The number of carbonyl (C=O) groups is 1. The van der Waals surface area contributed by atoms with Gasteiger partial charge in [-0.25, -0.2) is 8.42 Å². The minimum absolute atomic E-state index is 0.0811. The Hall–Kier alpha value is -2.19. The molecule has 0 aromatic heterocycles. The molecule has 0 aliphatic rings. The Morgan fingerprint density at radius 2 is 1.66 bits per heavy atom. The van der Waals surface area contributed by atoms with Crippen LogP contribution >= 0.6 is 27.5 Å². The molecule has 3 aromatic carbocycles. The molecule has 32 heavy (non-hydrogen) atoms. The van der Waals surface area contributed by atoms with Crippen molar-refractivity contribution in [3.63, 3.8) is 0 Å². The third-order valence-corrected chi connectivity index (χ3v) is 7.71. The second kappa shape index (κ2) is 10.6. The van der Waals surface area contributed by atoms with Gasteiger partial charge < -0.3 is 5.32 Å². The average molecular weight is 536 g/mol. The summed E-state index contributed by atoms with van der Waals surface area (Å²) in [5.74, 6) is -0.383. The van der Waals surface area contributed by atoms with Gasteiger partial charge in [-0.2, -0.15) is 4.31 Å². The van der Waals surface area contributed by atoms with Crippen molar-refractivity contribution in [2.75, 3.05) is 6.54 Å². The van der Waals surface area contributed by atoms with Crippen LogP contribution in [0.25, 0.3) is 0 Å². The summed E-state index contributed by atoms with van der Waals surface area (Å²) in [6.45, 7) is 3.55. The Morgan fingerprint density at radius 3 is 2.28 bits per heavy atom. The first-order valence-corrected chi connectivity index (χ1v) is 12.6. The standard InChI is InChI=1S/C24H24BrClN2O3S/c1-17-5-3-4-6-20(17)15-28(32(30,31)23-13-11-22(26)12-14-23)16-24(29)27-18(2)19-7-9-21(25)10-8-19/h3-14,18H,15-16H2,1-2H3,(H,27,29)/t18-/m1/s1. The normalized spacial score (nSPS) is 12.5. The van der Waals surface area contributed by atoms with Crippen LogP contribution in [-0.2, 0) is 21.4 Å². The van der Waals surface area contributed by atoms with E-state index in [4.69, 9.17) is 11.6 Å². The van der Waals surface area contributed by atoms with E-state index < -0.39 is 10.0 Å². The molecule has 3 aromatic rings. The van der Waals surface area contributed by atoms with Crippen LogP contribution in [0.3, 0.4) is 0 Å². The summed E-state index contributed by atoms with van der Waals surface area (Å²) in [5.41, 5.74) is 2.71. The van der Waals surface area contributed by atoms with Gasteiger partial charge in [-0.3, -0.25) is 4.79 Å². The second-order valence-corrected chi connectivity index (χ2v) is 10.8. The molecule has 0 aliphatic carbocycles. The van der Waals surface area contributed by atoms with Crippen LogP contribution in [0.4, 0.5) is 0 Å². The maximum atomic E-state index is 13.4. The molecular formula is C24H24BrClN2O3S. The minimum Gasteiger partial charge on any atom is -0.348 e. The van der Waals surface area contributed by atoms with E-state index in [9.17, 15) is 13.2 Å². The fraction of sp³-hybridized carbons (Fsp3) is 0.208. The molecule has 1 N–H and O–H groups in total. The zero-order chi connectivity index (χ0) is 23.3. The molecule has 0 heterocycles. The van der Waals surface area contributed by atoms with Gasteiger partial charge in [0.2, 0.25) is 15.9 Å². The Balaban J connectivity index is 1.84. The van der Waals surface area contributed by atoms with Crippen LogP contribution in [0.2, 0.25) is 5.02 Å². The largest absolute Gasteiger partial charge is 0.348 e. The third kappa shape index (κ3) is 6.19. The highest BCUT2D eigenvalue weighted by atomic mass is 79.9. The molecule has 0 unspecified atom stereocenters. The fourth-order valence-corrected chi connectivity index (χ4v) is 5.01. The molecule has 0 spiro atoms. The van der Waals surface area contributed by atoms with Crippen molar-refractivity contribution in [1.82, 2.24) is 9.62 Å². The van der Waals surface area contributed by atoms with Crippen molar-refractivity contribution in [3.05, 3.63) is 99.0 Å². The molecule has 168 valence electrons. The van der Waals surface area contributed by atoms with Crippen LogP contribution in [0.15, 0.2) is 82.2 Å². The fourth-order valence-electron chi connectivity index (χ4n) is 3.24. The summed E-state index contributed by atoms with van der Waals surface area (Å²) < 4.78 is 28.9. The first-order chi connectivity index (χ1) is 15.2. The number of carbonyl (C=O) groups excluding carboxylic acids is 1. The van der Waals surface area contributed by atoms with Gasteiger partial charge in [0.25, 0.3) is 0 Å². The maximum Gasteiger partial charge on any atom is 0.243 e. The highest BCUT2D eigenvalue weighted by molar-refractivity contribution is 9.10. The third-order valence-electron chi connectivity index (χ3n) is 5.13. The Bertz CT molecular complexity index is 1180. The lowest BCUT2D eigenvalue weighted by molar-refractivity contribution is -0.122. The lowest BCUT2D eigenvalue weighted by Crippen LogP contribution is -2.41. The van der Waals surface area contributed by atoms with Gasteiger partial charge in [0.05, 0.1) is 17.5 Å². The van der Waals surface area contributed by atoms with Gasteiger partial charge in [-0.1, -0.05) is 63.9 Å². The van der Waals surface area contributed by atoms with E-state index in [1.165, 1.54) is 28.6 Å². The molecule has 0 radical (unpaired) electrons. The monoisotopic (exact) mass is 534 g/mol. The molecule has 5 nitrogen and oxygen atoms in total. The molecule has 0 saturated heterocycles. The van der Waals surface area contributed by atoms with E-state index in [0.717, 1.165) is 21.2 Å². The van der Waals surface area contributed by atoms with Gasteiger partial charge in [-0.15, -0.1) is 0 Å². The van der Waals surface area contributed by atoms with Gasteiger partial charge in [0, 0.05) is 16.0 Å². The zero-order valence-corrected chi connectivity index (χ0v) is 20.9. The number of amides is 1. The summed E-state index contributed by atoms with van der Waals surface area (Å²) in [4.78, 5) is 13.0. The number of nitrogens with one attached hydrogen (secondary N) is 1. The van der Waals surface area contributed by atoms with Gasteiger partial charge >= 0.3 is 0 Å². The number of nitrogens with zero attached hydrogens (tertiary/aromatic N) is 1. The molecule has 1 atom stereocenters. The van der Waals surface area contributed by atoms with Crippen LogP contribution in [0.1, 0.15) is 29.7 Å². The summed E-state index contributed by atoms with van der Waals surface area (Å²) in [7, 11) is -3.93. The Kier molecular flexibility index (Phi) is 8.11. The van der Waals surface area contributed by atoms with Crippen LogP contribution < -0.4 is 5.32 Å². The molecular weight excluding hydrogens is 512 g/mol. The average Bonchev–Trinajstić information content (AvgIpc) is 2.75. The number of hydrogen-bond acceptors (Lipinski definition) is 3. The summed E-state index contributed by atoms with van der Waals surface area (Å²) in [6, 6.07) is 20.8. The number of sulfonamides is 1. The second-order valence-electron chi connectivity index (χ2n) is 7.49. The van der Waals surface area contributed by atoms with E-state index in [1.807, 2.05) is 62.4 Å². The zero-order valence-electron chi connectivity index (χ0n) is 17.8. The van der Waals surface area contributed by atoms with Gasteiger partial charge in [0.1, 0.15) is 0 Å². The molecule has 0 fully saturated rings. The molecule has 1 amide bonds. The molecule has 0 aliphatic heterocycles. The van der Waals surface area contributed by atoms with E-state index in [-0.39, 0.29) is 29.9 Å². The van der Waals surface area contributed by atoms with Crippen molar-refractivity contribution in [3.8, 4) is 0 Å². The number of halogens is 2. The maximum absolute atomic E-state index is 13.4. The van der Waals surface area contributed by atoms with Crippen molar-refractivity contribution in [2.45, 2.75) is 31.3 Å². The van der Waals surface area contributed by atoms with Crippen molar-refractivity contribution in [2.24, 2.45) is 0 Å². The van der Waals surface area contributed by atoms with Crippen LogP contribution in [0.5, 0.6) is 0 Å². The first-order valence-electron chi connectivity index (χ1n) is 10.0. The minimum atomic E-state index is -3.93. The Morgan fingerprint density at radius 1 is 1.03 bits per heavy atom. The van der Waals surface area contributed by atoms with Crippen molar-refractivity contribution in [1.29, 1.82) is 0 Å². The highest BCUT2D eigenvalue weighted by Gasteiger charge is 2.28. The smallest absolute Gasteiger partial charge is 0.243 e. The van der Waals surface area contributed by atoms with E-state index >= 15 is 0 Å². The van der Waals surface area contributed by atoms with Crippen LogP contribution in [-0.4, -0.2) is 25.2 Å². The Labute approximate surface area is 202 Å². The van der Waals surface area contributed by atoms with Crippen LogP contribution in [0, 0.1) is 6.92 Å². The van der Waals surface area contributed by atoms with Gasteiger partial charge in [-0.05, 0) is 66.9 Å². The summed E-state index contributed by atoms with van der Waals surface area (Å²) in [6.07, 6.45) is 0. The molecule has 0 bridgehead atoms. The van der Waals surface area contributed by atoms with E-state index in [0.29, 0.717) is 5.02 Å². The SMILES string of the molecule is Cc1ccccc1CN(CC(=O)N[C@H](C)c1ccc(Br)cc1)S(=O)(=O)c1ccc(Cl)cc1. The molecule has 0 saturated carbocycles. The number of benzene rings is 3. The topological polar surface area (TPSA) is 66.5 Å². The number of aryl methyl sites for hydroxylation is 1.